The second kappa shape index (κ2) is 10.4. The van der Waals surface area contributed by atoms with Crippen molar-refractivity contribution in [2.24, 2.45) is 0 Å². The molecule has 0 saturated carbocycles. The molecule has 0 aliphatic carbocycles. The Balaban J connectivity index is 1.42. The lowest BCUT2D eigenvalue weighted by Gasteiger charge is -2.36. The molecule has 7 nitrogen and oxygen atoms in total. The molecule has 2 heterocycles. The van der Waals surface area contributed by atoms with Gasteiger partial charge in [0.25, 0.3) is 0 Å². The van der Waals surface area contributed by atoms with Crippen molar-refractivity contribution in [2.45, 2.75) is 46.0 Å². The van der Waals surface area contributed by atoms with Crippen molar-refractivity contribution in [2.75, 3.05) is 26.2 Å². The van der Waals surface area contributed by atoms with Crippen LogP contribution in [-0.2, 0) is 4.74 Å². The molecule has 0 unspecified atom stereocenters. The molecule has 3 atom stereocenters. The lowest BCUT2D eigenvalue weighted by Crippen LogP contribution is -2.48. The van der Waals surface area contributed by atoms with E-state index in [0.717, 1.165) is 24.2 Å². The number of fused-ring (bicyclic) bond motifs is 1. The molecule has 2 aromatic carbocycles. The van der Waals surface area contributed by atoms with Crippen molar-refractivity contribution < 1.29 is 23.7 Å². The minimum atomic E-state index is -0.651. The minimum absolute atomic E-state index is 0.0895. The molecule has 0 amide bonds. The monoisotopic (exact) mass is 487 g/mol. The summed E-state index contributed by atoms with van der Waals surface area (Å²) >= 11 is 6.21. The smallest absolute Gasteiger partial charge is 0.235 e. The van der Waals surface area contributed by atoms with Gasteiger partial charge in [0.15, 0.2) is 0 Å². The van der Waals surface area contributed by atoms with E-state index in [1.165, 1.54) is 6.26 Å². The van der Waals surface area contributed by atoms with Crippen molar-refractivity contribution in [3.05, 3.63) is 63.0 Å². The van der Waals surface area contributed by atoms with E-state index in [-0.39, 0.29) is 30.0 Å². The van der Waals surface area contributed by atoms with Crippen LogP contribution in [-0.4, -0.2) is 54.6 Å². The summed E-state index contributed by atoms with van der Waals surface area (Å²) < 4.78 is 22.9. The van der Waals surface area contributed by atoms with Crippen molar-refractivity contribution in [1.29, 1.82) is 0 Å². The fourth-order valence-corrected chi connectivity index (χ4v) is 4.43. The molecular formula is C26H30ClNO6. The van der Waals surface area contributed by atoms with Gasteiger partial charge in [-0.25, -0.2) is 0 Å². The largest absolute Gasteiger partial charge is 0.491 e. The van der Waals surface area contributed by atoms with Crippen LogP contribution in [0.3, 0.4) is 0 Å². The summed E-state index contributed by atoms with van der Waals surface area (Å²) in [7, 11) is 0. The Morgan fingerprint density at radius 2 is 1.79 bits per heavy atom. The van der Waals surface area contributed by atoms with Gasteiger partial charge in [0.05, 0.1) is 17.6 Å². The van der Waals surface area contributed by atoms with E-state index in [1.54, 1.807) is 30.3 Å². The summed E-state index contributed by atoms with van der Waals surface area (Å²) in [5.41, 5.74) is 1.82. The highest BCUT2D eigenvalue weighted by atomic mass is 35.5. The van der Waals surface area contributed by atoms with Gasteiger partial charge in [-0.05, 0) is 63.1 Å². The maximum Gasteiger partial charge on any atom is 0.235 e. The highest BCUT2D eigenvalue weighted by Crippen LogP contribution is 2.29. The second-order valence-electron chi connectivity index (χ2n) is 9.00. The van der Waals surface area contributed by atoms with Crippen LogP contribution in [0, 0.1) is 13.8 Å². The highest BCUT2D eigenvalue weighted by Gasteiger charge is 2.24. The predicted molar refractivity (Wildman–Crippen MR) is 131 cm³/mol. The van der Waals surface area contributed by atoms with E-state index in [0.29, 0.717) is 34.0 Å². The molecule has 1 fully saturated rings. The van der Waals surface area contributed by atoms with Crippen molar-refractivity contribution in [1.82, 2.24) is 4.90 Å². The molecule has 0 radical (unpaired) electrons. The van der Waals surface area contributed by atoms with Crippen LogP contribution >= 0.6 is 11.6 Å². The molecule has 4 rings (SSSR count). The molecule has 34 heavy (non-hydrogen) atoms. The molecule has 182 valence electrons. The van der Waals surface area contributed by atoms with Gasteiger partial charge in [-0.3, -0.25) is 9.69 Å². The van der Waals surface area contributed by atoms with Crippen molar-refractivity contribution >= 4 is 22.6 Å². The summed E-state index contributed by atoms with van der Waals surface area (Å²) in [6.45, 7) is 10.0. The fraction of sp³-hybridized carbons (Fsp3) is 0.423. The molecule has 1 aromatic heterocycles. The number of ether oxygens (including phenoxy) is 3. The third kappa shape index (κ3) is 5.73. The number of hydrogen-bond donors (Lipinski definition) is 1. The fourth-order valence-electron chi connectivity index (χ4n) is 4.32. The molecule has 1 N–H and O–H groups in total. The van der Waals surface area contributed by atoms with Gasteiger partial charge < -0.3 is 23.7 Å². The number of rotatable bonds is 7. The van der Waals surface area contributed by atoms with Crippen LogP contribution in [0.15, 0.2) is 45.8 Å². The lowest BCUT2D eigenvalue weighted by molar-refractivity contribution is -0.0786. The van der Waals surface area contributed by atoms with Crippen LogP contribution in [0.4, 0.5) is 0 Å². The van der Waals surface area contributed by atoms with Crippen LogP contribution in [0.2, 0.25) is 5.02 Å². The summed E-state index contributed by atoms with van der Waals surface area (Å²) in [5.74, 6) is 1.12. The van der Waals surface area contributed by atoms with Crippen LogP contribution in [0.5, 0.6) is 17.2 Å². The van der Waals surface area contributed by atoms with E-state index >= 15 is 0 Å². The molecule has 0 bridgehead atoms. The molecule has 0 spiro atoms. The molecule has 1 aliphatic heterocycles. The first-order valence-corrected chi connectivity index (χ1v) is 11.8. The average Bonchev–Trinajstić information content (AvgIpc) is 2.77. The van der Waals surface area contributed by atoms with E-state index in [4.69, 9.17) is 30.2 Å². The number of benzene rings is 2. The first kappa shape index (κ1) is 24.5. The van der Waals surface area contributed by atoms with Gasteiger partial charge in [-0.2, -0.15) is 0 Å². The normalized spacial score (nSPS) is 19.8. The van der Waals surface area contributed by atoms with Crippen molar-refractivity contribution in [3.8, 4) is 17.2 Å². The molecule has 1 saturated heterocycles. The van der Waals surface area contributed by atoms with E-state index < -0.39 is 6.10 Å². The van der Waals surface area contributed by atoms with Crippen LogP contribution in [0.1, 0.15) is 25.0 Å². The average molecular weight is 488 g/mol. The zero-order valence-electron chi connectivity index (χ0n) is 19.8. The highest BCUT2D eigenvalue weighted by molar-refractivity contribution is 6.32. The Bertz CT molecular complexity index is 1190. The minimum Gasteiger partial charge on any atom is -0.491 e. The Morgan fingerprint density at radius 1 is 1.12 bits per heavy atom. The van der Waals surface area contributed by atoms with Gasteiger partial charge >= 0.3 is 0 Å². The molecule has 8 heteroatoms. The first-order chi connectivity index (χ1) is 16.2. The maximum atomic E-state index is 12.9. The standard InChI is InChI=1S/C26H30ClNO6/c1-15-7-21(8-16(2)25(15)27)34-24-14-32-23-9-20(5-6-22(23)26(24)30)31-13-19(29)12-28-10-17(3)33-18(4)11-28/h5-9,14,17-19,29H,10-13H2,1-4H3/t17-,18-,19-/m0/s1. The zero-order chi connectivity index (χ0) is 24.4. The number of nitrogens with zero attached hydrogens (tertiary/aromatic N) is 1. The van der Waals surface area contributed by atoms with Gasteiger partial charge in [-0.1, -0.05) is 11.6 Å². The van der Waals surface area contributed by atoms with Gasteiger partial charge in [0, 0.05) is 30.7 Å². The quantitative estimate of drug-likeness (QED) is 0.517. The number of β-amino-alcohol motifs (C(OH)–C–C–N with tert-alkyl or cyclic N) is 1. The summed E-state index contributed by atoms with van der Waals surface area (Å²) in [4.78, 5) is 15.1. The maximum absolute atomic E-state index is 12.9. The number of aliphatic hydroxyl groups excluding tert-OH is 1. The summed E-state index contributed by atoms with van der Waals surface area (Å²) in [6, 6.07) is 8.52. The summed E-state index contributed by atoms with van der Waals surface area (Å²) in [6.07, 6.45) is 0.926. The predicted octanol–water partition coefficient (Wildman–Crippen LogP) is 4.70. The Morgan fingerprint density at radius 3 is 2.47 bits per heavy atom. The number of aliphatic hydroxyl groups is 1. The number of morpholine rings is 1. The van der Waals surface area contributed by atoms with Crippen LogP contribution in [0.25, 0.3) is 11.0 Å². The second-order valence-corrected chi connectivity index (χ2v) is 9.38. The number of halogens is 1. The Labute approximate surface area is 203 Å². The number of hydrogen-bond acceptors (Lipinski definition) is 7. The van der Waals surface area contributed by atoms with Crippen molar-refractivity contribution in [3.63, 3.8) is 0 Å². The molecule has 1 aliphatic rings. The van der Waals surface area contributed by atoms with Gasteiger partial charge in [0.2, 0.25) is 11.2 Å². The molecule has 3 aromatic rings. The third-order valence-electron chi connectivity index (χ3n) is 5.76. The SMILES string of the molecule is Cc1cc(Oc2coc3cc(OC[C@@H](O)CN4C[C@H](C)O[C@@H](C)C4)ccc3c2=O)cc(C)c1Cl. The third-order valence-corrected chi connectivity index (χ3v) is 6.35. The summed E-state index contributed by atoms with van der Waals surface area (Å²) in [5, 5.41) is 11.5. The zero-order valence-corrected chi connectivity index (χ0v) is 20.6. The Kier molecular flexibility index (Phi) is 7.48. The Hall–Kier alpha value is -2.58. The first-order valence-electron chi connectivity index (χ1n) is 11.4. The van der Waals surface area contributed by atoms with E-state index in [9.17, 15) is 9.90 Å². The van der Waals surface area contributed by atoms with Gasteiger partial charge in [0.1, 0.15) is 36.1 Å². The number of aryl methyl sites for hydroxylation is 2. The molecular weight excluding hydrogens is 458 g/mol. The van der Waals surface area contributed by atoms with Crippen LogP contribution < -0.4 is 14.9 Å². The van der Waals surface area contributed by atoms with E-state index in [1.807, 2.05) is 27.7 Å². The van der Waals surface area contributed by atoms with Gasteiger partial charge in [-0.15, -0.1) is 0 Å². The lowest BCUT2D eigenvalue weighted by atomic mass is 10.1. The topological polar surface area (TPSA) is 81.4 Å². The van der Waals surface area contributed by atoms with E-state index in [2.05, 4.69) is 4.90 Å².